The number of aromatic nitrogens is 1. The number of phenolic OH excluding ortho intramolecular Hbond substituents is 1. The van der Waals surface area contributed by atoms with E-state index in [1.54, 1.807) is 18.2 Å². The summed E-state index contributed by atoms with van der Waals surface area (Å²) in [4.78, 5) is 56.1. The van der Waals surface area contributed by atoms with Gasteiger partial charge in [0.25, 0.3) is 5.91 Å². The number of aromatic amines is 1. The Morgan fingerprint density at radius 3 is 2.50 bits per heavy atom. The first-order chi connectivity index (χ1) is 20.9. The van der Waals surface area contributed by atoms with Gasteiger partial charge in [-0.1, -0.05) is 51.2 Å². The number of H-pyrrole nitrogens is 1. The summed E-state index contributed by atoms with van der Waals surface area (Å²) in [5, 5.41) is 11.3. The number of carbonyl (C=O) groups is 3. The van der Waals surface area contributed by atoms with E-state index in [1.807, 2.05) is 0 Å². The number of thiazole rings is 1. The quantitative estimate of drug-likeness (QED) is 0.173. The van der Waals surface area contributed by atoms with Gasteiger partial charge in [-0.3, -0.25) is 19.2 Å². The molecule has 6 rings (SSSR count). The molecule has 44 heavy (non-hydrogen) atoms. The van der Waals surface area contributed by atoms with Gasteiger partial charge in [-0.25, -0.2) is 4.90 Å². The third-order valence-corrected chi connectivity index (χ3v) is 9.99. The molecule has 226 valence electrons. The standard InChI is InChI=1S/C29H19BrF3N3O6S2/c30-13-5-10-19(42-12-20(38)34-14-6-8-15(37)9-7-14)16(11-13)21-22-24(43-25-23(21)44-28(41)35-25)27(40)36(26(22)39)18-4-2-1-3-17(18)29(31,32)33/h1-11,21-22,24,37H,12H2,(H,34,38)(H,35,41)/t21-,22-,24+/m0/s1. The molecule has 0 bridgehead atoms. The van der Waals surface area contributed by atoms with E-state index in [9.17, 15) is 37.5 Å². The largest absolute Gasteiger partial charge is 0.508 e. The molecule has 2 aliphatic rings. The Balaban J connectivity index is 1.38. The summed E-state index contributed by atoms with van der Waals surface area (Å²) >= 11 is 5.16. The molecule has 0 radical (unpaired) electrons. The normalized spacial score (nSPS) is 19.5. The van der Waals surface area contributed by atoms with Crippen LogP contribution in [0.5, 0.6) is 11.5 Å². The van der Waals surface area contributed by atoms with Gasteiger partial charge in [-0.05, 0) is 54.6 Å². The SMILES string of the molecule is O=C(COc1ccc(Br)cc1[C@@H]1c2sc(=O)[nH]c2S[C@H]2C(=O)N(c3ccccc3C(F)(F)F)C(=O)[C@@H]12)Nc1ccc(O)cc1. The summed E-state index contributed by atoms with van der Waals surface area (Å²) < 4.78 is 48.2. The summed E-state index contributed by atoms with van der Waals surface area (Å²) in [6.07, 6.45) is -4.83. The molecule has 0 spiro atoms. The highest BCUT2D eigenvalue weighted by Crippen LogP contribution is 2.55. The number of para-hydroxylation sites is 1. The zero-order chi connectivity index (χ0) is 31.3. The number of ether oxygens (including phenoxy) is 1. The maximum absolute atomic E-state index is 14.0. The van der Waals surface area contributed by atoms with Crippen LogP contribution in [0.15, 0.2) is 81.0 Å². The summed E-state index contributed by atoms with van der Waals surface area (Å²) in [7, 11) is 0. The van der Waals surface area contributed by atoms with Gasteiger partial charge in [0.2, 0.25) is 11.8 Å². The zero-order valence-corrected chi connectivity index (χ0v) is 25.3. The lowest BCUT2D eigenvalue weighted by atomic mass is 9.82. The van der Waals surface area contributed by atoms with Gasteiger partial charge in [0.1, 0.15) is 16.7 Å². The molecule has 2 aliphatic heterocycles. The fourth-order valence-corrected chi connectivity index (χ4v) is 8.16. The van der Waals surface area contributed by atoms with Crippen LogP contribution in [0.2, 0.25) is 0 Å². The number of thioether (sulfide) groups is 1. The first kappa shape index (κ1) is 30.0. The number of fused-ring (bicyclic) bond motifs is 2. The van der Waals surface area contributed by atoms with Gasteiger partial charge < -0.3 is 20.1 Å². The van der Waals surface area contributed by atoms with E-state index in [2.05, 4.69) is 26.2 Å². The van der Waals surface area contributed by atoms with Gasteiger partial charge in [-0.2, -0.15) is 13.2 Å². The highest BCUT2D eigenvalue weighted by molar-refractivity contribution is 9.10. The molecule has 1 fully saturated rings. The Morgan fingerprint density at radius 2 is 1.77 bits per heavy atom. The lowest BCUT2D eigenvalue weighted by molar-refractivity contribution is -0.137. The van der Waals surface area contributed by atoms with E-state index >= 15 is 0 Å². The third kappa shape index (κ3) is 5.50. The number of benzene rings is 3. The van der Waals surface area contributed by atoms with Crippen LogP contribution >= 0.6 is 39.0 Å². The summed E-state index contributed by atoms with van der Waals surface area (Å²) in [6.45, 7) is -0.459. The average molecular weight is 707 g/mol. The van der Waals surface area contributed by atoms with Crippen LogP contribution in [0.4, 0.5) is 24.5 Å². The summed E-state index contributed by atoms with van der Waals surface area (Å²) in [6, 6.07) is 15.0. The smallest absolute Gasteiger partial charge is 0.418 e. The number of phenols is 1. The molecule has 1 saturated heterocycles. The lowest BCUT2D eigenvalue weighted by Crippen LogP contribution is -2.33. The second-order valence-electron chi connectivity index (χ2n) is 9.84. The van der Waals surface area contributed by atoms with Crippen molar-refractivity contribution in [1.82, 2.24) is 4.98 Å². The second-order valence-corrected chi connectivity index (χ2v) is 12.9. The monoisotopic (exact) mass is 705 g/mol. The minimum absolute atomic E-state index is 0.0227. The van der Waals surface area contributed by atoms with Gasteiger partial charge >= 0.3 is 11.0 Å². The third-order valence-electron chi connectivity index (χ3n) is 7.09. The number of nitrogens with zero attached hydrogens (tertiary/aromatic N) is 1. The number of carbonyl (C=O) groups excluding carboxylic acids is 3. The van der Waals surface area contributed by atoms with Crippen molar-refractivity contribution in [3.8, 4) is 11.5 Å². The van der Waals surface area contributed by atoms with Gasteiger partial charge in [0, 0.05) is 26.5 Å². The lowest BCUT2D eigenvalue weighted by Gasteiger charge is -2.31. The minimum atomic E-state index is -4.83. The van der Waals surface area contributed by atoms with E-state index in [-0.39, 0.29) is 11.5 Å². The van der Waals surface area contributed by atoms with Crippen LogP contribution in [-0.2, 0) is 20.6 Å². The van der Waals surface area contributed by atoms with E-state index in [0.29, 0.717) is 30.5 Å². The predicted molar refractivity (Wildman–Crippen MR) is 160 cm³/mol. The number of hydrogen-bond acceptors (Lipinski definition) is 8. The van der Waals surface area contributed by atoms with Crippen LogP contribution in [-0.4, -0.2) is 39.7 Å². The maximum Gasteiger partial charge on any atom is 0.418 e. The van der Waals surface area contributed by atoms with Crippen molar-refractivity contribution in [3.05, 3.63) is 96.9 Å². The number of halogens is 4. The first-order valence-corrected chi connectivity index (χ1v) is 15.4. The Bertz CT molecular complexity index is 1860. The molecule has 3 N–H and O–H groups in total. The Hall–Kier alpha value is -4.08. The molecular formula is C29H19BrF3N3O6S2. The summed E-state index contributed by atoms with van der Waals surface area (Å²) in [5.74, 6) is -4.18. The molecular weight excluding hydrogens is 687 g/mol. The van der Waals surface area contributed by atoms with E-state index in [4.69, 9.17) is 4.74 Å². The number of alkyl halides is 3. The van der Waals surface area contributed by atoms with Crippen molar-refractivity contribution >= 4 is 68.1 Å². The second kappa shape index (κ2) is 11.4. The first-order valence-electron chi connectivity index (χ1n) is 12.9. The molecule has 0 aliphatic carbocycles. The highest BCUT2D eigenvalue weighted by Gasteiger charge is 2.57. The fraction of sp³-hybridized carbons (Fsp3) is 0.172. The van der Waals surface area contributed by atoms with Crippen molar-refractivity contribution in [2.45, 2.75) is 22.4 Å². The molecule has 3 amide bonds. The topological polar surface area (TPSA) is 129 Å². The molecule has 3 atom stereocenters. The molecule has 4 aromatic rings. The van der Waals surface area contributed by atoms with Crippen LogP contribution in [0.25, 0.3) is 0 Å². The van der Waals surface area contributed by atoms with E-state index in [1.165, 1.54) is 36.4 Å². The zero-order valence-electron chi connectivity index (χ0n) is 22.1. The van der Waals surface area contributed by atoms with E-state index in [0.717, 1.165) is 35.2 Å². The molecule has 15 heteroatoms. The maximum atomic E-state index is 14.0. The van der Waals surface area contributed by atoms with Gasteiger partial charge in [0.05, 0.1) is 22.2 Å². The summed E-state index contributed by atoms with van der Waals surface area (Å²) in [5.41, 5.74) is -0.931. The van der Waals surface area contributed by atoms with Crippen LogP contribution in [0.3, 0.4) is 0 Å². The molecule has 9 nitrogen and oxygen atoms in total. The number of hydrogen-bond donors (Lipinski definition) is 3. The molecule has 0 unspecified atom stereocenters. The van der Waals surface area contributed by atoms with Gasteiger partial charge in [0.15, 0.2) is 6.61 Å². The predicted octanol–water partition coefficient (Wildman–Crippen LogP) is 5.74. The number of imide groups is 1. The van der Waals surface area contributed by atoms with Crippen molar-refractivity contribution < 1.29 is 37.4 Å². The Kier molecular flexibility index (Phi) is 7.80. The van der Waals surface area contributed by atoms with Crippen LogP contribution in [0.1, 0.15) is 21.9 Å². The molecule has 3 aromatic carbocycles. The van der Waals surface area contributed by atoms with Crippen molar-refractivity contribution in [2.75, 3.05) is 16.8 Å². The van der Waals surface area contributed by atoms with E-state index < -0.39 is 63.7 Å². The number of rotatable bonds is 6. The van der Waals surface area contributed by atoms with Crippen molar-refractivity contribution in [1.29, 1.82) is 0 Å². The average Bonchev–Trinajstić information content (AvgIpc) is 3.47. The number of nitrogens with one attached hydrogen (secondary N) is 2. The van der Waals surface area contributed by atoms with Crippen molar-refractivity contribution in [3.63, 3.8) is 0 Å². The number of aromatic hydroxyl groups is 1. The van der Waals surface area contributed by atoms with Crippen LogP contribution in [0, 0.1) is 5.92 Å². The van der Waals surface area contributed by atoms with Gasteiger partial charge in [-0.15, -0.1) is 0 Å². The Labute approximate surface area is 263 Å². The molecule has 3 heterocycles. The van der Waals surface area contributed by atoms with Crippen molar-refractivity contribution in [2.24, 2.45) is 5.92 Å². The highest BCUT2D eigenvalue weighted by atomic mass is 79.9. The fourth-order valence-electron chi connectivity index (χ4n) is 5.28. The minimum Gasteiger partial charge on any atom is -0.508 e. The molecule has 0 saturated carbocycles. The molecule has 1 aromatic heterocycles. The number of amides is 3. The van der Waals surface area contributed by atoms with Crippen LogP contribution < -0.4 is 19.8 Å². The number of anilines is 2. The Morgan fingerprint density at radius 1 is 1.05 bits per heavy atom.